The van der Waals surface area contributed by atoms with Crippen LogP contribution in [0.15, 0.2) is 109 Å². The summed E-state index contributed by atoms with van der Waals surface area (Å²) < 4.78 is 6.79. The van der Waals surface area contributed by atoms with E-state index >= 15 is 0 Å². The molecule has 44 heavy (non-hydrogen) atoms. The summed E-state index contributed by atoms with van der Waals surface area (Å²) in [6.07, 6.45) is 2.06. The highest BCUT2D eigenvalue weighted by atomic mass is 16.5. The molecule has 5 aromatic carbocycles. The molecule has 0 radical (unpaired) electrons. The number of rotatable bonds is 4. The van der Waals surface area contributed by atoms with Crippen molar-refractivity contribution in [3.05, 3.63) is 154 Å². The first-order valence-electron chi connectivity index (χ1n) is 15.7. The predicted molar refractivity (Wildman–Crippen MR) is 182 cm³/mol. The van der Waals surface area contributed by atoms with Crippen molar-refractivity contribution in [3.63, 3.8) is 0 Å². The molecule has 0 unspecified atom stereocenters. The quantitative estimate of drug-likeness (QED) is 0.155. The molecule has 0 aromatic heterocycles. The van der Waals surface area contributed by atoms with Crippen molar-refractivity contribution in [2.24, 2.45) is 0 Å². The second-order valence-electron chi connectivity index (χ2n) is 12.2. The van der Waals surface area contributed by atoms with Gasteiger partial charge in [-0.1, -0.05) is 140 Å². The number of aryl methyl sites for hydroxylation is 2. The third-order valence-electron chi connectivity index (χ3n) is 9.33. The average Bonchev–Trinajstić information content (AvgIpc) is 3.48. The zero-order valence-corrected chi connectivity index (χ0v) is 25.9. The maximum Gasteiger partial charge on any atom is 0.181 e. The fourth-order valence-corrected chi connectivity index (χ4v) is 6.95. The number of benzene rings is 5. The fourth-order valence-electron chi connectivity index (χ4n) is 6.95. The first kappa shape index (κ1) is 28.0. The van der Waals surface area contributed by atoms with Crippen LogP contribution in [0.3, 0.4) is 0 Å². The lowest BCUT2D eigenvalue weighted by atomic mass is 9.80. The molecule has 0 saturated heterocycles. The van der Waals surface area contributed by atoms with Gasteiger partial charge in [-0.05, 0) is 77.8 Å². The van der Waals surface area contributed by atoms with Crippen LogP contribution < -0.4 is 0 Å². The highest BCUT2D eigenvalue weighted by Gasteiger charge is 2.43. The van der Waals surface area contributed by atoms with Crippen molar-refractivity contribution in [2.45, 2.75) is 51.6 Å². The molecule has 2 aliphatic rings. The van der Waals surface area contributed by atoms with Gasteiger partial charge in [-0.15, -0.1) is 0 Å². The monoisotopic (exact) mass is 568 g/mol. The molecule has 0 N–H and O–H groups in total. The van der Waals surface area contributed by atoms with Crippen LogP contribution in [0, 0.1) is 37.5 Å². The molecule has 0 heterocycles. The van der Waals surface area contributed by atoms with Crippen LogP contribution in [-0.4, -0.2) is 6.61 Å². The second kappa shape index (κ2) is 11.0. The van der Waals surface area contributed by atoms with E-state index in [2.05, 4.69) is 161 Å². The van der Waals surface area contributed by atoms with E-state index in [0.29, 0.717) is 6.61 Å². The number of ether oxygens (including phenoxy) is 1. The Morgan fingerprint density at radius 1 is 0.568 bits per heavy atom. The average molecular weight is 569 g/mol. The topological polar surface area (TPSA) is 9.23 Å². The van der Waals surface area contributed by atoms with Crippen molar-refractivity contribution in [2.75, 3.05) is 6.61 Å². The van der Waals surface area contributed by atoms with E-state index < -0.39 is 5.60 Å². The minimum absolute atomic E-state index is 0.384. The highest BCUT2D eigenvalue weighted by Crippen LogP contribution is 2.50. The van der Waals surface area contributed by atoms with Crippen molar-refractivity contribution in [3.8, 4) is 45.9 Å². The second-order valence-corrected chi connectivity index (χ2v) is 12.2. The Bertz CT molecular complexity index is 1950. The standard InChI is InChI=1S/C43H36O/c1-5-6-27-44-43(40-21-13-9-17-36(40)37-18-10-14-22-41(37)43)26-24-33-29-32(30(2)28-31(33)3)23-25-42(4)38-19-11-7-15-34(38)35-16-8-12-20-39(35)42/h7-22,28-29H,5-6,27H2,1-4H3. The lowest BCUT2D eigenvalue weighted by Crippen LogP contribution is -2.28. The lowest BCUT2D eigenvalue weighted by Gasteiger charge is -2.27. The zero-order valence-electron chi connectivity index (χ0n) is 25.9. The van der Waals surface area contributed by atoms with Gasteiger partial charge in [0, 0.05) is 28.9 Å². The van der Waals surface area contributed by atoms with Crippen LogP contribution in [0.5, 0.6) is 0 Å². The maximum atomic E-state index is 6.79. The molecule has 1 nitrogen and oxygen atoms in total. The van der Waals surface area contributed by atoms with Gasteiger partial charge < -0.3 is 4.74 Å². The molecule has 7 rings (SSSR count). The number of hydrogen-bond donors (Lipinski definition) is 0. The third-order valence-corrected chi connectivity index (χ3v) is 9.33. The summed E-state index contributed by atoms with van der Waals surface area (Å²) in [7, 11) is 0. The molecule has 214 valence electrons. The Labute approximate surface area is 262 Å². The lowest BCUT2D eigenvalue weighted by molar-refractivity contribution is 0.0278. The zero-order chi connectivity index (χ0) is 30.3. The van der Waals surface area contributed by atoms with E-state index in [1.165, 1.54) is 33.4 Å². The van der Waals surface area contributed by atoms with E-state index in [1.54, 1.807) is 0 Å². The Kier molecular flexibility index (Phi) is 7.01. The summed E-state index contributed by atoms with van der Waals surface area (Å²) in [6.45, 7) is 9.38. The Hall–Kier alpha value is -4.82. The van der Waals surface area contributed by atoms with Crippen LogP contribution in [0.25, 0.3) is 22.3 Å². The molecule has 0 spiro atoms. The Balaban J connectivity index is 1.34. The number of hydrogen-bond acceptors (Lipinski definition) is 1. The number of fused-ring (bicyclic) bond motifs is 6. The number of unbranched alkanes of at least 4 members (excludes halogenated alkanes) is 1. The Morgan fingerprint density at radius 2 is 1.00 bits per heavy atom. The van der Waals surface area contributed by atoms with E-state index in [0.717, 1.165) is 46.2 Å². The highest BCUT2D eigenvalue weighted by molar-refractivity contribution is 5.84. The van der Waals surface area contributed by atoms with Crippen LogP contribution in [0.4, 0.5) is 0 Å². The Morgan fingerprint density at radius 3 is 1.50 bits per heavy atom. The summed E-state index contributed by atoms with van der Waals surface area (Å²) in [5.74, 6) is 14.6. The van der Waals surface area contributed by atoms with Gasteiger partial charge in [0.2, 0.25) is 0 Å². The van der Waals surface area contributed by atoms with Gasteiger partial charge in [0.25, 0.3) is 0 Å². The molecule has 5 aromatic rings. The minimum atomic E-state index is -0.809. The van der Waals surface area contributed by atoms with Gasteiger partial charge in [-0.2, -0.15) is 0 Å². The summed E-state index contributed by atoms with van der Waals surface area (Å²) >= 11 is 0. The van der Waals surface area contributed by atoms with Gasteiger partial charge in [0.15, 0.2) is 5.60 Å². The molecule has 0 aliphatic heterocycles. The molecule has 0 bridgehead atoms. The molecular weight excluding hydrogens is 532 g/mol. The van der Waals surface area contributed by atoms with Crippen molar-refractivity contribution >= 4 is 0 Å². The first-order valence-corrected chi connectivity index (χ1v) is 15.7. The van der Waals surface area contributed by atoms with Crippen LogP contribution >= 0.6 is 0 Å². The van der Waals surface area contributed by atoms with Crippen molar-refractivity contribution in [1.29, 1.82) is 0 Å². The smallest absolute Gasteiger partial charge is 0.181 e. The van der Waals surface area contributed by atoms with E-state index in [1.807, 2.05) is 0 Å². The molecular formula is C43H36O. The van der Waals surface area contributed by atoms with E-state index in [-0.39, 0.29) is 5.41 Å². The van der Waals surface area contributed by atoms with Crippen molar-refractivity contribution < 1.29 is 4.74 Å². The molecule has 2 aliphatic carbocycles. The normalized spacial score (nSPS) is 14.3. The van der Waals surface area contributed by atoms with Gasteiger partial charge in [-0.3, -0.25) is 0 Å². The predicted octanol–water partition coefficient (Wildman–Crippen LogP) is 9.73. The first-order chi connectivity index (χ1) is 21.5. The van der Waals surface area contributed by atoms with Gasteiger partial charge >= 0.3 is 0 Å². The van der Waals surface area contributed by atoms with Gasteiger partial charge in [-0.25, -0.2) is 0 Å². The third kappa shape index (κ3) is 4.40. The molecule has 0 saturated carbocycles. The van der Waals surface area contributed by atoms with Crippen LogP contribution in [-0.2, 0) is 15.8 Å². The largest absolute Gasteiger partial charge is 0.354 e. The molecule has 0 atom stereocenters. The van der Waals surface area contributed by atoms with Crippen LogP contribution in [0.1, 0.15) is 71.2 Å². The fraction of sp³-hybridized carbons (Fsp3) is 0.209. The van der Waals surface area contributed by atoms with Gasteiger partial charge in [0.1, 0.15) is 0 Å². The molecule has 0 amide bonds. The molecule has 1 heteroatoms. The van der Waals surface area contributed by atoms with E-state index in [4.69, 9.17) is 4.74 Å². The summed E-state index contributed by atoms with van der Waals surface area (Å²) in [6, 6.07) is 38.8. The van der Waals surface area contributed by atoms with E-state index in [9.17, 15) is 0 Å². The van der Waals surface area contributed by atoms with Gasteiger partial charge in [0.05, 0.1) is 5.41 Å². The van der Waals surface area contributed by atoms with Crippen molar-refractivity contribution in [1.82, 2.24) is 0 Å². The summed E-state index contributed by atoms with van der Waals surface area (Å²) in [5, 5.41) is 0. The maximum absolute atomic E-state index is 6.79. The minimum Gasteiger partial charge on any atom is -0.354 e. The van der Waals surface area contributed by atoms with Crippen LogP contribution in [0.2, 0.25) is 0 Å². The SMILES string of the molecule is CCCCOC1(C#Cc2cc(C#CC3(C)c4ccccc4-c4ccccc43)c(C)cc2C)c2ccccc2-c2ccccc21. The summed E-state index contributed by atoms with van der Waals surface area (Å²) in [4.78, 5) is 0. The molecule has 0 fully saturated rings. The summed E-state index contributed by atoms with van der Waals surface area (Å²) in [5.41, 5.74) is 12.8.